The summed E-state index contributed by atoms with van der Waals surface area (Å²) in [6.45, 7) is 4.25. The minimum Gasteiger partial charge on any atom is -0.455 e. The van der Waals surface area contributed by atoms with E-state index >= 15 is 0 Å². The van der Waals surface area contributed by atoms with E-state index in [2.05, 4.69) is 16.0 Å². The van der Waals surface area contributed by atoms with Crippen LogP contribution in [-0.2, 0) is 27.3 Å². The van der Waals surface area contributed by atoms with Crippen molar-refractivity contribution < 1.29 is 14.3 Å². The van der Waals surface area contributed by atoms with Gasteiger partial charge < -0.3 is 9.64 Å². The molecular weight excluding hydrogens is 386 g/mol. The zero-order valence-corrected chi connectivity index (χ0v) is 17.5. The molecule has 0 N–H and O–H groups in total. The molecule has 0 bridgehead atoms. The van der Waals surface area contributed by atoms with Gasteiger partial charge in [-0.1, -0.05) is 23.8 Å². The van der Waals surface area contributed by atoms with Crippen LogP contribution in [0.2, 0.25) is 0 Å². The molecule has 7 heteroatoms. The first-order chi connectivity index (χ1) is 13.9. The Morgan fingerprint density at radius 1 is 1.21 bits per heavy atom. The number of thiazole rings is 1. The van der Waals surface area contributed by atoms with Gasteiger partial charge in [0.1, 0.15) is 5.01 Å². The summed E-state index contributed by atoms with van der Waals surface area (Å²) in [4.78, 5) is 34.5. The summed E-state index contributed by atoms with van der Waals surface area (Å²) in [7, 11) is 1.70. The number of aryl methyl sites for hydroxylation is 2. The lowest BCUT2D eigenvalue weighted by atomic mass is 10.1. The van der Waals surface area contributed by atoms with Crippen molar-refractivity contribution in [2.45, 2.75) is 26.8 Å². The first kappa shape index (κ1) is 20.7. The molecule has 0 fully saturated rings. The number of nitrogens with zero attached hydrogens (tertiary/aromatic N) is 3. The monoisotopic (exact) mass is 409 g/mol. The van der Waals surface area contributed by atoms with E-state index in [0.717, 1.165) is 21.7 Å². The highest BCUT2D eigenvalue weighted by molar-refractivity contribution is 7.13. The maximum Gasteiger partial charge on any atom is 0.312 e. The van der Waals surface area contributed by atoms with Crippen LogP contribution in [0.1, 0.15) is 22.4 Å². The molecule has 29 heavy (non-hydrogen) atoms. The van der Waals surface area contributed by atoms with Gasteiger partial charge in [-0.25, -0.2) is 4.98 Å². The molecule has 0 aliphatic rings. The molecule has 1 aromatic carbocycles. The van der Waals surface area contributed by atoms with Crippen LogP contribution in [0.5, 0.6) is 0 Å². The van der Waals surface area contributed by atoms with Gasteiger partial charge in [-0.2, -0.15) is 0 Å². The fourth-order valence-electron chi connectivity index (χ4n) is 2.83. The van der Waals surface area contributed by atoms with Crippen molar-refractivity contribution >= 4 is 23.2 Å². The molecule has 0 radical (unpaired) electrons. The molecule has 150 valence electrons. The molecule has 0 saturated carbocycles. The van der Waals surface area contributed by atoms with Crippen molar-refractivity contribution in [1.29, 1.82) is 0 Å². The number of hydrogen-bond acceptors (Lipinski definition) is 6. The summed E-state index contributed by atoms with van der Waals surface area (Å²) in [6, 6.07) is 9.88. The average Bonchev–Trinajstić information content (AvgIpc) is 3.17. The molecule has 0 aliphatic carbocycles. The minimum absolute atomic E-state index is 0.0326. The van der Waals surface area contributed by atoms with E-state index in [0.29, 0.717) is 12.2 Å². The van der Waals surface area contributed by atoms with Crippen LogP contribution in [0.15, 0.2) is 48.1 Å². The number of esters is 1. The van der Waals surface area contributed by atoms with Gasteiger partial charge in [-0.15, -0.1) is 11.3 Å². The Bertz CT molecular complexity index is 1000. The summed E-state index contributed by atoms with van der Waals surface area (Å²) >= 11 is 1.44. The number of carbonyl (C=O) groups excluding carboxylic acids is 2. The summed E-state index contributed by atoms with van der Waals surface area (Å²) in [5.74, 6) is -0.714. The average molecular weight is 410 g/mol. The second kappa shape index (κ2) is 9.43. The van der Waals surface area contributed by atoms with E-state index in [-0.39, 0.29) is 18.9 Å². The largest absolute Gasteiger partial charge is 0.455 e. The third-order valence-electron chi connectivity index (χ3n) is 4.47. The van der Waals surface area contributed by atoms with Crippen molar-refractivity contribution in [2.75, 3.05) is 13.7 Å². The highest BCUT2D eigenvalue weighted by atomic mass is 32.1. The molecule has 0 saturated heterocycles. The summed E-state index contributed by atoms with van der Waals surface area (Å²) in [5, 5.41) is 2.61. The van der Waals surface area contributed by atoms with Crippen LogP contribution in [-0.4, -0.2) is 40.4 Å². The van der Waals surface area contributed by atoms with E-state index in [1.165, 1.54) is 16.9 Å². The summed E-state index contributed by atoms with van der Waals surface area (Å²) in [5.41, 5.74) is 4.91. The first-order valence-electron chi connectivity index (χ1n) is 9.23. The van der Waals surface area contributed by atoms with Gasteiger partial charge in [0.25, 0.3) is 5.91 Å². The predicted octanol–water partition coefficient (Wildman–Crippen LogP) is 3.57. The van der Waals surface area contributed by atoms with E-state index in [1.807, 2.05) is 43.5 Å². The van der Waals surface area contributed by atoms with Crippen LogP contribution in [0.3, 0.4) is 0 Å². The molecule has 1 amide bonds. The summed E-state index contributed by atoms with van der Waals surface area (Å²) in [6.07, 6.45) is 3.46. The van der Waals surface area contributed by atoms with Crippen molar-refractivity contribution in [3.63, 3.8) is 0 Å². The minimum atomic E-state index is -0.471. The second-order valence-corrected chi connectivity index (χ2v) is 7.76. The third kappa shape index (κ3) is 5.71. The summed E-state index contributed by atoms with van der Waals surface area (Å²) < 4.78 is 5.15. The van der Waals surface area contributed by atoms with Crippen LogP contribution in [0.25, 0.3) is 10.6 Å². The van der Waals surface area contributed by atoms with E-state index in [1.54, 1.807) is 24.3 Å². The number of amides is 1. The fourth-order valence-corrected chi connectivity index (χ4v) is 3.64. The molecular formula is C22H23N3O3S. The Morgan fingerprint density at radius 3 is 2.76 bits per heavy atom. The molecule has 0 spiro atoms. The lowest BCUT2D eigenvalue weighted by Gasteiger charge is -2.18. The zero-order chi connectivity index (χ0) is 20.8. The SMILES string of the molecule is Cc1ccc(CN(C)C(=O)COC(=O)Cc2csc(-c3cccnc3)n2)c(C)c1. The maximum absolute atomic E-state index is 12.3. The fraction of sp³-hybridized carbons (Fsp3) is 0.273. The number of aromatic nitrogens is 2. The molecule has 2 aromatic heterocycles. The Kier molecular flexibility index (Phi) is 6.72. The number of hydrogen-bond donors (Lipinski definition) is 0. The number of benzene rings is 1. The van der Waals surface area contributed by atoms with Gasteiger partial charge in [0.05, 0.1) is 12.1 Å². The Morgan fingerprint density at radius 2 is 2.03 bits per heavy atom. The highest BCUT2D eigenvalue weighted by Crippen LogP contribution is 2.22. The molecule has 3 rings (SSSR count). The number of ether oxygens (including phenoxy) is 1. The van der Waals surface area contributed by atoms with Gasteiger partial charge >= 0.3 is 5.97 Å². The second-order valence-electron chi connectivity index (χ2n) is 6.90. The topological polar surface area (TPSA) is 72.4 Å². The molecule has 3 aromatic rings. The molecule has 6 nitrogen and oxygen atoms in total. The van der Waals surface area contributed by atoms with Gasteiger partial charge in [0.2, 0.25) is 0 Å². The Hall–Kier alpha value is -3.06. The lowest BCUT2D eigenvalue weighted by molar-refractivity contribution is -0.151. The lowest BCUT2D eigenvalue weighted by Crippen LogP contribution is -2.31. The third-order valence-corrected chi connectivity index (χ3v) is 5.41. The first-order valence-corrected chi connectivity index (χ1v) is 10.1. The maximum atomic E-state index is 12.3. The standard InChI is InChI=1S/C22H23N3O3S/c1-15-6-7-18(16(2)9-15)12-25(3)20(26)13-28-21(27)10-19-14-29-22(24-19)17-5-4-8-23-11-17/h4-9,11,14H,10,12-13H2,1-3H3. The molecule has 2 heterocycles. The number of rotatable bonds is 7. The van der Waals surface area contributed by atoms with E-state index < -0.39 is 5.97 Å². The van der Waals surface area contributed by atoms with Crippen molar-refractivity contribution in [3.05, 3.63) is 70.5 Å². The number of likely N-dealkylation sites (N-methyl/N-ethyl adjacent to an activating group) is 1. The van der Waals surface area contributed by atoms with Crippen LogP contribution >= 0.6 is 11.3 Å². The van der Waals surface area contributed by atoms with E-state index in [4.69, 9.17) is 4.74 Å². The van der Waals surface area contributed by atoms with Gasteiger partial charge in [0.15, 0.2) is 6.61 Å². The Labute approximate surface area is 174 Å². The van der Waals surface area contributed by atoms with E-state index in [9.17, 15) is 9.59 Å². The van der Waals surface area contributed by atoms with Crippen molar-refractivity contribution in [3.8, 4) is 10.6 Å². The normalized spacial score (nSPS) is 10.6. The van der Waals surface area contributed by atoms with Crippen molar-refractivity contribution in [2.24, 2.45) is 0 Å². The number of carbonyl (C=O) groups is 2. The van der Waals surface area contributed by atoms with Gasteiger partial charge in [-0.3, -0.25) is 14.6 Å². The van der Waals surface area contributed by atoms with Gasteiger partial charge in [-0.05, 0) is 37.1 Å². The van der Waals surface area contributed by atoms with Crippen LogP contribution < -0.4 is 0 Å². The molecule has 0 atom stereocenters. The highest BCUT2D eigenvalue weighted by Gasteiger charge is 2.15. The van der Waals surface area contributed by atoms with Crippen LogP contribution in [0, 0.1) is 13.8 Å². The van der Waals surface area contributed by atoms with Crippen molar-refractivity contribution in [1.82, 2.24) is 14.9 Å². The quantitative estimate of drug-likeness (QED) is 0.558. The van der Waals surface area contributed by atoms with Gasteiger partial charge in [0, 0.05) is 36.9 Å². The molecule has 0 unspecified atom stereocenters. The van der Waals surface area contributed by atoms with Crippen LogP contribution in [0.4, 0.5) is 0 Å². The zero-order valence-electron chi connectivity index (χ0n) is 16.7. The smallest absolute Gasteiger partial charge is 0.312 e. The molecule has 0 aliphatic heterocycles. The Balaban J connectivity index is 1.48. The number of pyridine rings is 1. The predicted molar refractivity (Wildman–Crippen MR) is 112 cm³/mol.